The van der Waals surface area contributed by atoms with E-state index in [0.29, 0.717) is 0 Å². The molecule has 0 unspecified atom stereocenters. The normalized spacial score (nSPS) is 16.2. The number of aryl methyl sites for hydroxylation is 1. The van der Waals surface area contributed by atoms with E-state index in [2.05, 4.69) is 36.0 Å². The molecule has 17 heavy (non-hydrogen) atoms. The van der Waals surface area contributed by atoms with Gasteiger partial charge in [0.2, 0.25) is 0 Å². The molecular formula is C15H18N2. The SMILES string of the molecule is Cn1cc(C2=CCCCC2)c2cc(N)ccc21. The van der Waals surface area contributed by atoms with E-state index >= 15 is 0 Å². The molecule has 0 saturated carbocycles. The summed E-state index contributed by atoms with van der Waals surface area (Å²) in [5.74, 6) is 0. The maximum atomic E-state index is 5.90. The van der Waals surface area contributed by atoms with E-state index in [4.69, 9.17) is 5.73 Å². The van der Waals surface area contributed by atoms with Gasteiger partial charge in [-0.05, 0) is 49.5 Å². The summed E-state index contributed by atoms with van der Waals surface area (Å²) in [5, 5.41) is 1.29. The lowest BCUT2D eigenvalue weighted by Gasteiger charge is -2.11. The van der Waals surface area contributed by atoms with Crippen molar-refractivity contribution in [3.63, 3.8) is 0 Å². The Hall–Kier alpha value is -1.70. The Balaban J connectivity index is 2.22. The average Bonchev–Trinajstić information content (AvgIpc) is 2.67. The lowest BCUT2D eigenvalue weighted by molar-refractivity contribution is 0.742. The highest BCUT2D eigenvalue weighted by molar-refractivity contribution is 5.95. The van der Waals surface area contributed by atoms with Crippen LogP contribution in [0.3, 0.4) is 0 Å². The van der Waals surface area contributed by atoms with E-state index in [9.17, 15) is 0 Å². The predicted molar refractivity (Wildman–Crippen MR) is 73.8 cm³/mol. The number of anilines is 1. The first-order valence-electron chi connectivity index (χ1n) is 6.29. The molecule has 0 fully saturated rings. The Kier molecular flexibility index (Phi) is 2.43. The van der Waals surface area contributed by atoms with Crippen LogP contribution in [0.2, 0.25) is 0 Å². The van der Waals surface area contributed by atoms with Gasteiger partial charge in [0.25, 0.3) is 0 Å². The third kappa shape index (κ3) is 1.74. The highest BCUT2D eigenvalue weighted by Crippen LogP contribution is 2.33. The van der Waals surface area contributed by atoms with Gasteiger partial charge in [0.1, 0.15) is 0 Å². The number of aromatic nitrogens is 1. The molecule has 0 saturated heterocycles. The van der Waals surface area contributed by atoms with Crippen LogP contribution in [0.1, 0.15) is 31.2 Å². The molecule has 2 N–H and O–H groups in total. The Morgan fingerprint density at radius 1 is 1.24 bits per heavy atom. The third-order valence-electron chi connectivity index (χ3n) is 3.65. The summed E-state index contributed by atoms with van der Waals surface area (Å²) in [6.07, 6.45) is 9.69. The first kappa shape index (κ1) is 10.5. The summed E-state index contributed by atoms with van der Waals surface area (Å²) < 4.78 is 2.19. The Morgan fingerprint density at radius 3 is 2.88 bits per heavy atom. The fourth-order valence-electron chi connectivity index (χ4n) is 2.75. The Morgan fingerprint density at radius 2 is 2.12 bits per heavy atom. The number of hydrogen-bond donors (Lipinski definition) is 1. The number of fused-ring (bicyclic) bond motifs is 1. The number of benzene rings is 1. The zero-order chi connectivity index (χ0) is 11.8. The minimum absolute atomic E-state index is 0.848. The summed E-state index contributed by atoms with van der Waals surface area (Å²) in [7, 11) is 2.10. The zero-order valence-electron chi connectivity index (χ0n) is 10.2. The molecule has 1 aromatic carbocycles. The van der Waals surface area contributed by atoms with Crippen molar-refractivity contribution in [3.05, 3.63) is 36.0 Å². The quantitative estimate of drug-likeness (QED) is 0.738. The zero-order valence-corrected chi connectivity index (χ0v) is 10.2. The fraction of sp³-hybridized carbons (Fsp3) is 0.333. The van der Waals surface area contributed by atoms with Gasteiger partial charge in [0.05, 0.1) is 0 Å². The van der Waals surface area contributed by atoms with Gasteiger partial charge in [-0.1, -0.05) is 6.08 Å². The van der Waals surface area contributed by atoms with Crippen LogP contribution < -0.4 is 5.73 Å². The molecule has 1 aliphatic carbocycles. The molecular weight excluding hydrogens is 208 g/mol. The maximum Gasteiger partial charge on any atom is 0.0485 e. The van der Waals surface area contributed by atoms with Crippen LogP contribution in [0.15, 0.2) is 30.5 Å². The number of hydrogen-bond acceptors (Lipinski definition) is 1. The summed E-state index contributed by atoms with van der Waals surface area (Å²) in [6, 6.07) is 6.18. The van der Waals surface area contributed by atoms with Gasteiger partial charge >= 0.3 is 0 Å². The van der Waals surface area contributed by atoms with Gasteiger partial charge in [-0.3, -0.25) is 0 Å². The molecule has 0 radical (unpaired) electrons. The molecule has 88 valence electrons. The molecule has 1 aromatic heterocycles. The van der Waals surface area contributed by atoms with Gasteiger partial charge in [-0.15, -0.1) is 0 Å². The minimum Gasteiger partial charge on any atom is -0.399 e. The Labute approximate surface area is 102 Å². The molecule has 0 spiro atoms. The second kappa shape index (κ2) is 3.95. The summed E-state index contributed by atoms with van der Waals surface area (Å²) in [5.41, 5.74) is 10.9. The first-order valence-corrected chi connectivity index (χ1v) is 6.29. The van der Waals surface area contributed by atoms with Crippen LogP contribution >= 0.6 is 0 Å². The smallest absolute Gasteiger partial charge is 0.0485 e. The van der Waals surface area contributed by atoms with Crippen LogP contribution in [0.25, 0.3) is 16.5 Å². The van der Waals surface area contributed by atoms with E-state index in [0.717, 1.165) is 5.69 Å². The molecule has 2 aromatic rings. The van der Waals surface area contributed by atoms with Crippen LogP contribution in [0.4, 0.5) is 5.69 Å². The second-order valence-corrected chi connectivity index (χ2v) is 4.91. The topological polar surface area (TPSA) is 30.9 Å². The van der Waals surface area contributed by atoms with Crippen molar-refractivity contribution in [1.82, 2.24) is 4.57 Å². The lowest BCUT2D eigenvalue weighted by atomic mass is 9.93. The second-order valence-electron chi connectivity index (χ2n) is 4.91. The molecule has 1 aliphatic rings. The van der Waals surface area contributed by atoms with Crippen molar-refractivity contribution < 1.29 is 0 Å². The van der Waals surface area contributed by atoms with Gasteiger partial charge < -0.3 is 10.3 Å². The standard InChI is InChI=1S/C15H18N2/c1-17-10-14(11-5-3-2-4-6-11)13-9-12(16)7-8-15(13)17/h5,7-10H,2-4,6,16H2,1H3. The van der Waals surface area contributed by atoms with Crippen LogP contribution in [0, 0.1) is 0 Å². The molecule has 0 bridgehead atoms. The largest absolute Gasteiger partial charge is 0.399 e. The van der Waals surface area contributed by atoms with E-state index < -0.39 is 0 Å². The molecule has 0 aliphatic heterocycles. The number of nitrogens with two attached hydrogens (primary N) is 1. The number of nitrogens with zero attached hydrogens (tertiary/aromatic N) is 1. The molecule has 2 nitrogen and oxygen atoms in total. The monoisotopic (exact) mass is 226 g/mol. The van der Waals surface area contributed by atoms with Crippen LogP contribution in [-0.4, -0.2) is 4.57 Å². The van der Waals surface area contributed by atoms with Crippen molar-refractivity contribution in [3.8, 4) is 0 Å². The van der Waals surface area contributed by atoms with Gasteiger partial charge in [-0.2, -0.15) is 0 Å². The number of allylic oxidation sites excluding steroid dienone is 2. The Bertz CT molecular complexity index is 590. The lowest BCUT2D eigenvalue weighted by Crippen LogP contribution is -1.91. The first-order chi connectivity index (χ1) is 8.25. The highest BCUT2D eigenvalue weighted by Gasteiger charge is 2.12. The number of rotatable bonds is 1. The van der Waals surface area contributed by atoms with Crippen molar-refractivity contribution in [2.75, 3.05) is 5.73 Å². The van der Waals surface area contributed by atoms with Gasteiger partial charge in [-0.25, -0.2) is 0 Å². The molecule has 0 amide bonds. The molecule has 0 atom stereocenters. The van der Waals surface area contributed by atoms with Gasteiger partial charge in [0, 0.05) is 35.4 Å². The summed E-state index contributed by atoms with van der Waals surface area (Å²) in [4.78, 5) is 0. The van der Waals surface area contributed by atoms with E-state index in [1.807, 2.05) is 6.07 Å². The minimum atomic E-state index is 0.848. The van der Waals surface area contributed by atoms with E-state index in [1.54, 1.807) is 0 Å². The van der Waals surface area contributed by atoms with Gasteiger partial charge in [0.15, 0.2) is 0 Å². The molecule has 2 heteroatoms. The van der Waals surface area contributed by atoms with E-state index in [1.165, 1.54) is 47.7 Å². The fourth-order valence-corrected chi connectivity index (χ4v) is 2.75. The van der Waals surface area contributed by atoms with Crippen LogP contribution in [-0.2, 0) is 7.05 Å². The van der Waals surface area contributed by atoms with Crippen molar-refractivity contribution in [2.24, 2.45) is 7.05 Å². The maximum absolute atomic E-state index is 5.90. The van der Waals surface area contributed by atoms with Crippen molar-refractivity contribution >= 4 is 22.2 Å². The molecule has 3 rings (SSSR count). The number of nitrogen functional groups attached to an aromatic ring is 1. The van der Waals surface area contributed by atoms with E-state index in [-0.39, 0.29) is 0 Å². The predicted octanol–water partition coefficient (Wildman–Crippen LogP) is 3.72. The summed E-state index contributed by atoms with van der Waals surface area (Å²) >= 11 is 0. The highest BCUT2D eigenvalue weighted by atomic mass is 14.9. The molecule has 1 heterocycles. The third-order valence-corrected chi connectivity index (χ3v) is 3.65. The van der Waals surface area contributed by atoms with Crippen molar-refractivity contribution in [2.45, 2.75) is 25.7 Å². The van der Waals surface area contributed by atoms with Crippen molar-refractivity contribution in [1.29, 1.82) is 0 Å². The van der Waals surface area contributed by atoms with Crippen LogP contribution in [0.5, 0.6) is 0 Å². The summed E-state index contributed by atoms with van der Waals surface area (Å²) in [6.45, 7) is 0. The average molecular weight is 226 g/mol.